The lowest BCUT2D eigenvalue weighted by Crippen LogP contribution is -2.06. The summed E-state index contributed by atoms with van der Waals surface area (Å²) in [6.07, 6.45) is -1.56. The van der Waals surface area contributed by atoms with Crippen molar-refractivity contribution in [2.45, 2.75) is 25.1 Å². The summed E-state index contributed by atoms with van der Waals surface area (Å²) in [4.78, 5) is 0. The molecule has 1 aromatic carbocycles. The van der Waals surface area contributed by atoms with Crippen LogP contribution in [-0.4, -0.2) is 27.7 Å². The molecular formula is C14H13F3N4OS. The number of H-pyrrole nitrogens is 1. The molecule has 0 spiro atoms. The minimum atomic E-state index is -4.39. The lowest BCUT2D eigenvalue weighted by Gasteiger charge is -2.08. The lowest BCUT2D eigenvalue weighted by atomic mass is 10.1. The van der Waals surface area contributed by atoms with E-state index in [0.717, 1.165) is 25.0 Å². The van der Waals surface area contributed by atoms with Crippen LogP contribution in [0.5, 0.6) is 0 Å². The van der Waals surface area contributed by atoms with Gasteiger partial charge in [0.05, 0.1) is 11.8 Å². The van der Waals surface area contributed by atoms with Gasteiger partial charge >= 0.3 is 6.18 Å². The van der Waals surface area contributed by atoms with Crippen molar-refractivity contribution in [3.63, 3.8) is 0 Å². The average Bonchev–Trinajstić information content (AvgIpc) is 3.14. The van der Waals surface area contributed by atoms with Crippen LogP contribution in [0.1, 0.15) is 35.9 Å². The van der Waals surface area contributed by atoms with Crippen LogP contribution in [-0.2, 0) is 10.9 Å². The molecule has 122 valence electrons. The second kappa shape index (κ2) is 6.25. The average molecular weight is 342 g/mol. The largest absolute Gasteiger partial charge is 0.416 e. The summed E-state index contributed by atoms with van der Waals surface area (Å²) in [5.74, 6) is 0.524. The van der Waals surface area contributed by atoms with E-state index < -0.39 is 11.7 Å². The molecule has 1 N–H and O–H groups in total. The first-order valence-corrected chi connectivity index (χ1v) is 7.36. The Bertz CT molecular complexity index is 775. The van der Waals surface area contributed by atoms with Crippen molar-refractivity contribution in [2.24, 2.45) is 5.10 Å². The van der Waals surface area contributed by atoms with Gasteiger partial charge in [0.2, 0.25) is 4.77 Å². The van der Waals surface area contributed by atoms with Gasteiger partial charge in [-0.2, -0.15) is 28.0 Å². The summed E-state index contributed by atoms with van der Waals surface area (Å²) in [7, 11) is 0. The number of hydrogen-bond acceptors (Lipinski definition) is 4. The van der Waals surface area contributed by atoms with E-state index in [1.807, 2.05) is 0 Å². The van der Waals surface area contributed by atoms with E-state index in [-0.39, 0.29) is 10.9 Å². The van der Waals surface area contributed by atoms with Crippen molar-refractivity contribution >= 4 is 18.4 Å². The van der Waals surface area contributed by atoms with Crippen molar-refractivity contribution in [2.75, 3.05) is 6.61 Å². The second-order valence-corrected chi connectivity index (χ2v) is 5.45. The second-order valence-electron chi connectivity index (χ2n) is 5.07. The molecule has 0 bridgehead atoms. The van der Waals surface area contributed by atoms with Crippen LogP contribution in [0, 0.1) is 4.77 Å². The molecule has 1 aliphatic heterocycles. The molecule has 2 heterocycles. The van der Waals surface area contributed by atoms with Crippen LogP contribution >= 0.6 is 12.2 Å². The first-order chi connectivity index (χ1) is 10.9. The maximum atomic E-state index is 12.7. The van der Waals surface area contributed by atoms with Crippen LogP contribution in [0.15, 0.2) is 29.4 Å². The molecule has 1 aliphatic rings. The molecule has 3 rings (SSSR count). The fourth-order valence-electron chi connectivity index (χ4n) is 2.32. The monoisotopic (exact) mass is 342 g/mol. The zero-order valence-corrected chi connectivity index (χ0v) is 12.7. The zero-order valence-electron chi connectivity index (χ0n) is 11.9. The summed E-state index contributed by atoms with van der Waals surface area (Å²) >= 11 is 5.10. The molecule has 0 radical (unpaired) electrons. The number of benzene rings is 1. The highest BCUT2D eigenvalue weighted by molar-refractivity contribution is 7.71. The predicted molar refractivity (Wildman–Crippen MR) is 79.8 cm³/mol. The topological polar surface area (TPSA) is 55.2 Å². The molecule has 1 atom stereocenters. The van der Waals surface area contributed by atoms with Crippen molar-refractivity contribution in [3.05, 3.63) is 46.0 Å². The summed E-state index contributed by atoms with van der Waals surface area (Å²) in [5, 5.41) is 10.9. The number of alkyl halides is 3. The molecule has 1 unspecified atom stereocenters. The van der Waals surface area contributed by atoms with Gasteiger partial charge in [-0.3, -0.25) is 5.10 Å². The first-order valence-electron chi connectivity index (χ1n) is 6.96. The van der Waals surface area contributed by atoms with Gasteiger partial charge in [0.25, 0.3) is 0 Å². The minimum Gasteiger partial charge on any atom is -0.370 e. The third-order valence-electron chi connectivity index (χ3n) is 3.43. The summed E-state index contributed by atoms with van der Waals surface area (Å²) in [5.41, 5.74) is -0.405. The first kappa shape index (κ1) is 15.9. The molecule has 1 fully saturated rings. The van der Waals surface area contributed by atoms with E-state index in [4.69, 9.17) is 17.0 Å². The number of hydrogen-bond donors (Lipinski definition) is 1. The number of aromatic amines is 1. The quantitative estimate of drug-likeness (QED) is 0.684. The summed E-state index contributed by atoms with van der Waals surface area (Å²) in [6.45, 7) is 0.641. The zero-order chi connectivity index (χ0) is 16.4. The Hall–Kier alpha value is -2.00. The molecular weight excluding hydrogens is 329 g/mol. The van der Waals surface area contributed by atoms with Crippen molar-refractivity contribution in [1.29, 1.82) is 0 Å². The standard InChI is InChI=1S/C14H13F3N4OS/c15-14(16,17)10-4-1-3-9(7-10)8-18-21-12(19-20-13(21)23)11-5-2-6-22-11/h1,3-4,7-8,11H,2,5-6H2,(H,20,23)/b18-8-. The third kappa shape index (κ3) is 3.50. The highest BCUT2D eigenvalue weighted by Gasteiger charge is 2.30. The number of nitrogens with one attached hydrogen (secondary N) is 1. The molecule has 0 saturated carbocycles. The highest BCUT2D eigenvalue weighted by atomic mass is 32.1. The summed E-state index contributed by atoms with van der Waals surface area (Å²) < 4.78 is 45.3. The lowest BCUT2D eigenvalue weighted by molar-refractivity contribution is -0.137. The van der Waals surface area contributed by atoms with E-state index in [2.05, 4.69) is 15.3 Å². The van der Waals surface area contributed by atoms with Crippen molar-refractivity contribution < 1.29 is 17.9 Å². The number of halogens is 3. The highest BCUT2D eigenvalue weighted by Crippen LogP contribution is 2.29. The van der Waals surface area contributed by atoms with Gasteiger partial charge in [0.1, 0.15) is 6.10 Å². The molecule has 2 aromatic rings. The van der Waals surface area contributed by atoms with Gasteiger partial charge in [-0.05, 0) is 42.8 Å². The molecule has 1 aromatic heterocycles. The molecule has 0 amide bonds. The van der Waals surface area contributed by atoms with Gasteiger partial charge in [-0.1, -0.05) is 12.1 Å². The van der Waals surface area contributed by atoms with Gasteiger partial charge in [0.15, 0.2) is 5.82 Å². The van der Waals surface area contributed by atoms with Crippen LogP contribution in [0.25, 0.3) is 0 Å². The van der Waals surface area contributed by atoms with E-state index >= 15 is 0 Å². The van der Waals surface area contributed by atoms with Gasteiger partial charge < -0.3 is 4.74 Å². The Morgan fingerprint density at radius 1 is 1.43 bits per heavy atom. The normalized spacial score (nSPS) is 18.8. The molecule has 9 heteroatoms. The Morgan fingerprint density at radius 3 is 2.96 bits per heavy atom. The Balaban J connectivity index is 1.89. The smallest absolute Gasteiger partial charge is 0.370 e. The molecule has 0 aliphatic carbocycles. The maximum Gasteiger partial charge on any atom is 0.416 e. The van der Waals surface area contributed by atoms with E-state index in [1.165, 1.54) is 23.0 Å². The Morgan fingerprint density at radius 2 is 2.26 bits per heavy atom. The van der Waals surface area contributed by atoms with Crippen molar-refractivity contribution in [3.8, 4) is 0 Å². The molecule has 5 nitrogen and oxygen atoms in total. The van der Waals surface area contributed by atoms with E-state index in [9.17, 15) is 13.2 Å². The number of ether oxygens (including phenoxy) is 1. The van der Waals surface area contributed by atoms with E-state index in [0.29, 0.717) is 18.0 Å². The Kier molecular flexibility index (Phi) is 4.31. The predicted octanol–water partition coefficient (Wildman–Crippen LogP) is 3.69. The number of rotatable bonds is 3. The number of nitrogens with zero attached hydrogens (tertiary/aromatic N) is 3. The van der Waals surface area contributed by atoms with Crippen LogP contribution in [0.3, 0.4) is 0 Å². The van der Waals surface area contributed by atoms with Crippen molar-refractivity contribution in [1.82, 2.24) is 14.9 Å². The SMILES string of the molecule is FC(F)(F)c1cccc(/C=N\n2c(C3CCCO3)n[nH]c2=S)c1. The Labute approximate surface area is 134 Å². The van der Waals surface area contributed by atoms with E-state index in [1.54, 1.807) is 0 Å². The maximum absolute atomic E-state index is 12.7. The van der Waals surface area contributed by atoms with Crippen LogP contribution in [0.4, 0.5) is 13.2 Å². The fraction of sp³-hybridized carbons (Fsp3) is 0.357. The fourth-order valence-corrected chi connectivity index (χ4v) is 2.51. The molecule has 23 heavy (non-hydrogen) atoms. The van der Waals surface area contributed by atoms with Crippen LogP contribution < -0.4 is 0 Å². The van der Waals surface area contributed by atoms with Gasteiger partial charge in [-0.25, -0.2) is 0 Å². The van der Waals surface area contributed by atoms with Gasteiger partial charge in [0, 0.05) is 6.61 Å². The molecule has 1 saturated heterocycles. The number of aromatic nitrogens is 3. The van der Waals surface area contributed by atoms with Gasteiger partial charge in [-0.15, -0.1) is 0 Å². The van der Waals surface area contributed by atoms with Crippen LogP contribution in [0.2, 0.25) is 0 Å². The third-order valence-corrected chi connectivity index (χ3v) is 3.69. The minimum absolute atomic E-state index is 0.207. The summed E-state index contributed by atoms with van der Waals surface area (Å²) in [6, 6.07) is 4.91.